The van der Waals surface area contributed by atoms with Crippen LogP contribution in [0.2, 0.25) is 0 Å². The second kappa shape index (κ2) is 11.3. The first-order valence-corrected chi connectivity index (χ1v) is 8.54. The maximum atomic E-state index is 11.6. The number of para-hydroxylation sites is 1. The van der Waals surface area contributed by atoms with Crippen molar-refractivity contribution in [2.24, 2.45) is 0 Å². The van der Waals surface area contributed by atoms with Crippen molar-refractivity contribution < 1.29 is 23.9 Å². The van der Waals surface area contributed by atoms with Crippen LogP contribution in [0.5, 0.6) is 5.75 Å². The summed E-state index contributed by atoms with van der Waals surface area (Å²) in [4.78, 5) is 34.8. The molecule has 0 radical (unpaired) electrons. The fourth-order valence-electron chi connectivity index (χ4n) is 2.13. The smallest absolute Gasteiger partial charge is 0.325 e. The number of amides is 2. The molecule has 0 fully saturated rings. The number of hydrogen-bond acceptors (Lipinski definition) is 5. The second-order valence-electron chi connectivity index (χ2n) is 5.62. The Bertz CT molecular complexity index is 735. The summed E-state index contributed by atoms with van der Waals surface area (Å²) in [6.07, 6.45) is 0.692. The van der Waals surface area contributed by atoms with E-state index in [4.69, 9.17) is 9.47 Å². The number of rotatable bonds is 10. The van der Waals surface area contributed by atoms with Crippen molar-refractivity contribution in [3.63, 3.8) is 0 Å². The van der Waals surface area contributed by atoms with Gasteiger partial charge in [0.25, 0.3) is 11.8 Å². The molecule has 2 aromatic rings. The van der Waals surface area contributed by atoms with E-state index in [0.29, 0.717) is 18.7 Å². The van der Waals surface area contributed by atoms with E-state index < -0.39 is 17.8 Å². The molecule has 2 aromatic carbocycles. The molecule has 0 spiro atoms. The van der Waals surface area contributed by atoms with Crippen LogP contribution in [0.3, 0.4) is 0 Å². The Kier molecular flexibility index (Phi) is 8.36. The van der Waals surface area contributed by atoms with E-state index in [1.54, 1.807) is 24.3 Å². The number of hydrogen-bond donors (Lipinski definition) is 2. The molecule has 0 saturated carbocycles. The molecule has 0 aliphatic heterocycles. The van der Waals surface area contributed by atoms with Crippen molar-refractivity contribution in [3.05, 3.63) is 66.2 Å². The van der Waals surface area contributed by atoms with E-state index in [1.807, 2.05) is 36.4 Å². The molecule has 0 saturated heterocycles. The average molecular weight is 370 g/mol. The van der Waals surface area contributed by atoms with Gasteiger partial charge in [-0.15, -0.1) is 0 Å². The van der Waals surface area contributed by atoms with Crippen molar-refractivity contribution >= 4 is 17.8 Å². The Morgan fingerprint density at radius 1 is 0.778 bits per heavy atom. The molecule has 0 bridgehead atoms. The van der Waals surface area contributed by atoms with Gasteiger partial charge in [-0.3, -0.25) is 14.4 Å². The van der Waals surface area contributed by atoms with E-state index in [1.165, 1.54) is 0 Å². The van der Waals surface area contributed by atoms with Crippen LogP contribution in [0.4, 0.5) is 0 Å². The van der Waals surface area contributed by atoms with Gasteiger partial charge in [0.05, 0.1) is 0 Å². The number of ether oxygens (including phenoxy) is 2. The topological polar surface area (TPSA) is 93.7 Å². The minimum absolute atomic E-state index is 0.211. The molecule has 0 aliphatic carbocycles. The molecule has 2 amide bonds. The number of carbonyl (C=O) groups is 3. The molecular formula is C20H22N2O5. The van der Waals surface area contributed by atoms with Crippen molar-refractivity contribution in [1.29, 1.82) is 0 Å². The average Bonchev–Trinajstić information content (AvgIpc) is 2.70. The molecule has 7 nitrogen and oxygen atoms in total. The van der Waals surface area contributed by atoms with E-state index in [0.717, 1.165) is 5.56 Å². The second-order valence-corrected chi connectivity index (χ2v) is 5.62. The van der Waals surface area contributed by atoms with Gasteiger partial charge in [0.1, 0.15) is 12.3 Å². The van der Waals surface area contributed by atoms with Crippen LogP contribution in [0, 0.1) is 0 Å². The molecule has 7 heteroatoms. The van der Waals surface area contributed by atoms with Crippen LogP contribution in [0.25, 0.3) is 0 Å². The third-order valence-electron chi connectivity index (χ3n) is 3.49. The first-order valence-electron chi connectivity index (χ1n) is 8.54. The van der Waals surface area contributed by atoms with Gasteiger partial charge in [-0.25, -0.2) is 0 Å². The van der Waals surface area contributed by atoms with Gasteiger partial charge in [-0.05, 0) is 24.1 Å². The fourth-order valence-corrected chi connectivity index (χ4v) is 2.13. The van der Waals surface area contributed by atoms with Gasteiger partial charge in [0.15, 0.2) is 13.2 Å². The summed E-state index contributed by atoms with van der Waals surface area (Å²) in [7, 11) is 0. The molecular weight excluding hydrogens is 348 g/mol. The Labute approximate surface area is 157 Å². The molecule has 0 atom stereocenters. The van der Waals surface area contributed by atoms with E-state index in [2.05, 4.69) is 10.6 Å². The SMILES string of the molecule is O=C(COC(=O)CNC(=O)COc1ccccc1)NCCc1ccccc1. The monoisotopic (exact) mass is 370 g/mol. The zero-order chi connectivity index (χ0) is 19.3. The number of benzene rings is 2. The lowest BCUT2D eigenvalue weighted by Gasteiger charge is -2.08. The van der Waals surface area contributed by atoms with Crippen LogP contribution < -0.4 is 15.4 Å². The molecule has 2 N–H and O–H groups in total. The van der Waals surface area contributed by atoms with Gasteiger partial charge in [-0.1, -0.05) is 48.5 Å². The zero-order valence-corrected chi connectivity index (χ0v) is 14.9. The predicted molar refractivity (Wildman–Crippen MR) is 99.1 cm³/mol. The quantitative estimate of drug-likeness (QED) is 0.611. The maximum Gasteiger partial charge on any atom is 0.325 e. The highest BCUT2D eigenvalue weighted by atomic mass is 16.5. The highest BCUT2D eigenvalue weighted by Gasteiger charge is 2.09. The minimum Gasteiger partial charge on any atom is -0.484 e. The lowest BCUT2D eigenvalue weighted by molar-refractivity contribution is -0.148. The van der Waals surface area contributed by atoms with Crippen LogP contribution in [0.15, 0.2) is 60.7 Å². The number of esters is 1. The normalized spacial score (nSPS) is 9.93. The van der Waals surface area contributed by atoms with Gasteiger partial charge >= 0.3 is 5.97 Å². The first kappa shape index (κ1) is 20.0. The lowest BCUT2D eigenvalue weighted by Crippen LogP contribution is -2.36. The predicted octanol–water partition coefficient (Wildman–Crippen LogP) is 1.08. The van der Waals surface area contributed by atoms with Crippen LogP contribution >= 0.6 is 0 Å². The Balaban J connectivity index is 1.53. The molecule has 0 unspecified atom stereocenters. The van der Waals surface area contributed by atoms with Gasteiger partial charge in [0, 0.05) is 6.54 Å². The Morgan fingerprint density at radius 2 is 1.41 bits per heavy atom. The highest BCUT2D eigenvalue weighted by molar-refractivity contribution is 5.84. The van der Waals surface area contributed by atoms with Crippen LogP contribution in [-0.2, 0) is 25.5 Å². The molecule has 142 valence electrons. The summed E-state index contributed by atoms with van der Waals surface area (Å²) in [5, 5.41) is 5.04. The molecule has 0 heterocycles. The summed E-state index contributed by atoms with van der Waals surface area (Å²) in [5.74, 6) is -0.982. The lowest BCUT2D eigenvalue weighted by atomic mass is 10.1. The first-order chi connectivity index (χ1) is 13.1. The molecule has 0 aromatic heterocycles. The van der Waals surface area contributed by atoms with Crippen LogP contribution in [0.1, 0.15) is 5.56 Å². The summed E-state index contributed by atoms with van der Waals surface area (Å²) < 4.78 is 10.1. The molecule has 2 rings (SSSR count). The van der Waals surface area contributed by atoms with Crippen molar-refractivity contribution in [3.8, 4) is 5.75 Å². The maximum absolute atomic E-state index is 11.6. The highest BCUT2D eigenvalue weighted by Crippen LogP contribution is 2.07. The van der Waals surface area contributed by atoms with Gasteiger partial charge in [0.2, 0.25) is 0 Å². The van der Waals surface area contributed by atoms with Crippen molar-refractivity contribution in [2.45, 2.75) is 6.42 Å². The standard InChI is InChI=1S/C20H22N2O5/c23-18(21-12-11-16-7-3-1-4-8-16)15-27-20(25)13-22-19(24)14-26-17-9-5-2-6-10-17/h1-10H,11-15H2,(H,21,23)(H,22,24). The van der Waals surface area contributed by atoms with Crippen molar-refractivity contribution in [1.82, 2.24) is 10.6 Å². The van der Waals surface area contributed by atoms with E-state index in [-0.39, 0.29) is 19.8 Å². The third-order valence-corrected chi connectivity index (χ3v) is 3.49. The van der Waals surface area contributed by atoms with Crippen molar-refractivity contribution in [2.75, 3.05) is 26.3 Å². The Morgan fingerprint density at radius 3 is 2.11 bits per heavy atom. The zero-order valence-electron chi connectivity index (χ0n) is 14.9. The van der Waals surface area contributed by atoms with Crippen LogP contribution in [-0.4, -0.2) is 44.1 Å². The molecule has 0 aliphatic rings. The van der Waals surface area contributed by atoms with E-state index in [9.17, 15) is 14.4 Å². The number of carbonyl (C=O) groups excluding carboxylic acids is 3. The fraction of sp³-hybridized carbons (Fsp3) is 0.250. The third kappa shape index (κ3) is 8.53. The van der Waals surface area contributed by atoms with Gasteiger partial charge < -0.3 is 20.1 Å². The van der Waals surface area contributed by atoms with E-state index >= 15 is 0 Å². The minimum atomic E-state index is -0.693. The Hall–Kier alpha value is -3.35. The van der Waals surface area contributed by atoms with Gasteiger partial charge in [-0.2, -0.15) is 0 Å². The summed E-state index contributed by atoms with van der Waals surface area (Å²) in [6.45, 7) is -0.469. The summed E-state index contributed by atoms with van der Waals surface area (Å²) in [5.41, 5.74) is 1.11. The molecule has 27 heavy (non-hydrogen) atoms. The summed E-state index contributed by atoms with van der Waals surface area (Å²) >= 11 is 0. The summed E-state index contributed by atoms with van der Waals surface area (Å²) in [6, 6.07) is 18.6. The largest absolute Gasteiger partial charge is 0.484 e. The number of nitrogens with one attached hydrogen (secondary N) is 2.